The zero-order valence-electron chi connectivity index (χ0n) is 11.7. The average Bonchev–Trinajstić information content (AvgIpc) is 2.36. The van der Waals surface area contributed by atoms with Crippen molar-refractivity contribution in [3.8, 4) is 0 Å². The molecule has 0 radical (unpaired) electrons. The molecule has 0 aromatic heterocycles. The number of amides is 2. The van der Waals surface area contributed by atoms with Gasteiger partial charge < -0.3 is 15.5 Å². The fraction of sp³-hybridized carbons (Fsp3) is 0.846. The molecule has 2 unspecified atom stereocenters. The number of rotatable bonds is 5. The first-order valence-corrected chi connectivity index (χ1v) is 6.74. The van der Waals surface area contributed by atoms with Gasteiger partial charge in [-0.25, -0.2) is 0 Å². The Kier molecular flexibility index (Phi) is 6.12. The van der Waals surface area contributed by atoms with E-state index in [2.05, 4.69) is 10.6 Å². The van der Waals surface area contributed by atoms with E-state index in [0.29, 0.717) is 12.5 Å². The maximum atomic E-state index is 11.7. The molecule has 1 aliphatic rings. The van der Waals surface area contributed by atoms with Crippen LogP contribution in [0.1, 0.15) is 39.0 Å². The molecule has 2 N–H and O–H groups in total. The number of hydrogen-bond acceptors (Lipinski definition) is 3. The Morgan fingerprint density at radius 3 is 2.67 bits per heavy atom. The highest BCUT2D eigenvalue weighted by Crippen LogP contribution is 2.11. The fourth-order valence-electron chi connectivity index (χ4n) is 2.24. The van der Waals surface area contributed by atoms with E-state index in [1.165, 1.54) is 17.7 Å². The molecule has 5 heteroatoms. The second kappa shape index (κ2) is 7.36. The summed E-state index contributed by atoms with van der Waals surface area (Å²) in [6, 6.07) is 0.0242. The van der Waals surface area contributed by atoms with Crippen LogP contribution < -0.4 is 10.6 Å². The van der Waals surface area contributed by atoms with Crippen LogP contribution >= 0.6 is 0 Å². The molecule has 0 saturated carbocycles. The van der Waals surface area contributed by atoms with E-state index >= 15 is 0 Å². The molecule has 2 atom stereocenters. The topological polar surface area (TPSA) is 61.4 Å². The minimum atomic E-state index is -0.438. The Hall–Kier alpha value is -1.10. The summed E-state index contributed by atoms with van der Waals surface area (Å²) in [6.45, 7) is 2.78. The Labute approximate surface area is 109 Å². The van der Waals surface area contributed by atoms with Gasteiger partial charge in [0.2, 0.25) is 11.8 Å². The van der Waals surface area contributed by atoms with Crippen LogP contribution in [0.2, 0.25) is 0 Å². The summed E-state index contributed by atoms with van der Waals surface area (Å²) in [5.41, 5.74) is 0. The van der Waals surface area contributed by atoms with Gasteiger partial charge in [0.1, 0.15) is 6.04 Å². The Morgan fingerprint density at radius 2 is 2.11 bits per heavy atom. The highest BCUT2D eigenvalue weighted by atomic mass is 16.2. The van der Waals surface area contributed by atoms with Crippen molar-refractivity contribution in [3.63, 3.8) is 0 Å². The van der Waals surface area contributed by atoms with E-state index in [0.717, 1.165) is 19.4 Å². The number of likely N-dealkylation sites (N-methyl/N-ethyl adjacent to an activating group) is 1. The monoisotopic (exact) mass is 255 g/mol. The second-order valence-electron chi connectivity index (χ2n) is 5.21. The van der Waals surface area contributed by atoms with Crippen LogP contribution in [0.25, 0.3) is 0 Å². The molecule has 0 bridgehead atoms. The van der Waals surface area contributed by atoms with Crippen molar-refractivity contribution < 1.29 is 9.59 Å². The highest BCUT2D eigenvalue weighted by molar-refractivity contribution is 5.86. The molecule has 2 amide bonds. The van der Waals surface area contributed by atoms with Gasteiger partial charge in [0, 0.05) is 26.6 Å². The quantitative estimate of drug-likeness (QED) is 0.752. The van der Waals surface area contributed by atoms with Crippen LogP contribution in [0.4, 0.5) is 0 Å². The van der Waals surface area contributed by atoms with Gasteiger partial charge in [-0.2, -0.15) is 0 Å². The summed E-state index contributed by atoms with van der Waals surface area (Å²) in [6.07, 6.45) is 4.97. The first-order chi connectivity index (χ1) is 8.50. The number of hydrogen-bond donors (Lipinski definition) is 2. The van der Waals surface area contributed by atoms with Crippen molar-refractivity contribution in [1.29, 1.82) is 0 Å². The third kappa shape index (κ3) is 5.04. The first kappa shape index (κ1) is 15.0. The molecule has 18 heavy (non-hydrogen) atoms. The Bertz CT molecular complexity index is 286. The van der Waals surface area contributed by atoms with Crippen LogP contribution in [0.3, 0.4) is 0 Å². The Morgan fingerprint density at radius 1 is 1.39 bits per heavy atom. The molecule has 0 aromatic rings. The molecule has 1 fully saturated rings. The fourth-order valence-corrected chi connectivity index (χ4v) is 2.24. The van der Waals surface area contributed by atoms with Gasteiger partial charge in [-0.15, -0.1) is 0 Å². The van der Waals surface area contributed by atoms with E-state index in [-0.39, 0.29) is 11.8 Å². The van der Waals surface area contributed by atoms with Gasteiger partial charge in [0.25, 0.3) is 0 Å². The maximum absolute atomic E-state index is 11.7. The van der Waals surface area contributed by atoms with Crippen molar-refractivity contribution in [3.05, 3.63) is 0 Å². The van der Waals surface area contributed by atoms with Crippen LogP contribution in [-0.4, -0.2) is 49.4 Å². The van der Waals surface area contributed by atoms with E-state index in [9.17, 15) is 9.59 Å². The first-order valence-electron chi connectivity index (χ1n) is 6.74. The lowest BCUT2D eigenvalue weighted by Gasteiger charge is -2.23. The third-order valence-electron chi connectivity index (χ3n) is 3.32. The molecule has 1 aliphatic heterocycles. The molecule has 1 rings (SSSR count). The van der Waals surface area contributed by atoms with Crippen LogP contribution in [0.15, 0.2) is 0 Å². The van der Waals surface area contributed by atoms with E-state index in [4.69, 9.17) is 0 Å². The van der Waals surface area contributed by atoms with Crippen molar-refractivity contribution >= 4 is 11.8 Å². The SMILES string of the molecule is CC(NC(=O)CCC1CCCCN1)C(=O)N(C)C. The van der Waals surface area contributed by atoms with Crippen LogP contribution in [-0.2, 0) is 9.59 Å². The molecular weight excluding hydrogens is 230 g/mol. The van der Waals surface area contributed by atoms with E-state index < -0.39 is 6.04 Å². The highest BCUT2D eigenvalue weighted by Gasteiger charge is 2.18. The summed E-state index contributed by atoms with van der Waals surface area (Å²) in [5, 5.41) is 6.16. The van der Waals surface area contributed by atoms with Crippen molar-refractivity contribution in [2.45, 2.75) is 51.1 Å². The summed E-state index contributed by atoms with van der Waals surface area (Å²) < 4.78 is 0. The van der Waals surface area contributed by atoms with Gasteiger partial charge in [-0.3, -0.25) is 9.59 Å². The molecule has 0 aliphatic carbocycles. The minimum absolute atomic E-state index is 0.0370. The lowest BCUT2D eigenvalue weighted by atomic mass is 10.0. The number of carbonyl (C=O) groups is 2. The average molecular weight is 255 g/mol. The summed E-state index contributed by atoms with van der Waals surface area (Å²) in [4.78, 5) is 24.8. The van der Waals surface area contributed by atoms with Crippen LogP contribution in [0.5, 0.6) is 0 Å². The molecule has 1 saturated heterocycles. The third-order valence-corrected chi connectivity index (χ3v) is 3.32. The zero-order valence-corrected chi connectivity index (χ0v) is 11.7. The number of piperidine rings is 1. The van der Waals surface area contributed by atoms with Crippen molar-refractivity contribution in [2.24, 2.45) is 0 Å². The number of nitrogens with zero attached hydrogens (tertiary/aromatic N) is 1. The smallest absolute Gasteiger partial charge is 0.244 e. The summed E-state index contributed by atoms with van der Waals surface area (Å²) in [5.74, 6) is -0.107. The van der Waals surface area contributed by atoms with Crippen LogP contribution in [0, 0.1) is 0 Å². The Balaban J connectivity index is 2.22. The minimum Gasteiger partial charge on any atom is -0.347 e. The number of nitrogens with one attached hydrogen (secondary N) is 2. The van der Waals surface area contributed by atoms with Gasteiger partial charge in [-0.1, -0.05) is 6.42 Å². The summed E-state index contributed by atoms with van der Waals surface area (Å²) >= 11 is 0. The molecule has 0 aromatic carbocycles. The summed E-state index contributed by atoms with van der Waals surface area (Å²) in [7, 11) is 3.38. The van der Waals surface area contributed by atoms with Gasteiger partial charge in [-0.05, 0) is 32.7 Å². The maximum Gasteiger partial charge on any atom is 0.244 e. The van der Waals surface area contributed by atoms with Crippen molar-refractivity contribution in [2.75, 3.05) is 20.6 Å². The predicted molar refractivity (Wildman–Crippen MR) is 71.2 cm³/mol. The molecular formula is C13H25N3O2. The molecule has 1 heterocycles. The molecule has 104 valence electrons. The normalized spacial score (nSPS) is 21.2. The largest absolute Gasteiger partial charge is 0.347 e. The lowest BCUT2D eigenvalue weighted by Crippen LogP contribution is -2.44. The van der Waals surface area contributed by atoms with E-state index in [1.807, 2.05) is 0 Å². The van der Waals surface area contributed by atoms with Crippen molar-refractivity contribution in [1.82, 2.24) is 15.5 Å². The molecule has 5 nitrogen and oxygen atoms in total. The predicted octanol–water partition coefficient (Wildman–Crippen LogP) is 0.502. The van der Waals surface area contributed by atoms with Gasteiger partial charge >= 0.3 is 0 Å². The molecule has 0 spiro atoms. The lowest BCUT2D eigenvalue weighted by molar-refractivity contribution is -0.133. The second-order valence-corrected chi connectivity index (χ2v) is 5.21. The number of carbonyl (C=O) groups excluding carboxylic acids is 2. The zero-order chi connectivity index (χ0) is 13.5. The van der Waals surface area contributed by atoms with Gasteiger partial charge in [0.15, 0.2) is 0 Å². The van der Waals surface area contributed by atoms with E-state index in [1.54, 1.807) is 21.0 Å². The van der Waals surface area contributed by atoms with Gasteiger partial charge in [0.05, 0.1) is 0 Å². The standard InChI is InChI=1S/C13H25N3O2/c1-10(13(18)16(2)3)15-12(17)8-7-11-6-4-5-9-14-11/h10-11,14H,4-9H2,1-3H3,(H,15,17).